The van der Waals surface area contributed by atoms with Crippen LogP contribution in [0.2, 0.25) is 0 Å². The maximum absolute atomic E-state index is 12.2. The first kappa shape index (κ1) is 24.4. The van der Waals surface area contributed by atoms with Gasteiger partial charge < -0.3 is 20.1 Å². The Morgan fingerprint density at radius 1 is 0.969 bits per heavy atom. The van der Waals surface area contributed by atoms with Crippen molar-refractivity contribution in [2.45, 2.75) is 26.7 Å². The van der Waals surface area contributed by atoms with Crippen LogP contribution >= 0.6 is 0 Å². The van der Waals surface area contributed by atoms with E-state index in [0.717, 1.165) is 18.6 Å². The summed E-state index contributed by atoms with van der Waals surface area (Å²) in [5.74, 6) is -0.810. The molecule has 9 heteroatoms. The predicted octanol–water partition coefficient (Wildman–Crippen LogP) is 2.47. The molecule has 0 atom stereocenters. The number of benzene rings is 2. The lowest BCUT2D eigenvalue weighted by Gasteiger charge is -2.10. The molecule has 2 aromatic rings. The molecule has 32 heavy (non-hydrogen) atoms. The summed E-state index contributed by atoms with van der Waals surface area (Å²) < 4.78 is 11.0. The van der Waals surface area contributed by atoms with E-state index in [2.05, 4.69) is 21.2 Å². The van der Waals surface area contributed by atoms with Crippen LogP contribution in [0.25, 0.3) is 0 Å². The standard InChI is InChI=1S/C23H28N4O5/c1-3-5-14-24-22(29)23(30)27-25-15-17-8-6-7-9-20(17)32-16-21(28)26-18-10-12-19(13-11-18)31-4-2/h6-13,15H,3-5,14,16H2,1-2H3,(H,24,29)(H,26,28)(H,27,30)/b25-15-. The second kappa shape index (κ2) is 13.4. The van der Waals surface area contributed by atoms with Crippen molar-refractivity contribution in [1.29, 1.82) is 0 Å². The summed E-state index contributed by atoms with van der Waals surface area (Å²) in [4.78, 5) is 35.6. The highest BCUT2D eigenvalue weighted by Gasteiger charge is 2.11. The number of rotatable bonds is 11. The Labute approximate surface area is 187 Å². The summed E-state index contributed by atoms with van der Waals surface area (Å²) >= 11 is 0. The predicted molar refractivity (Wildman–Crippen MR) is 122 cm³/mol. The smallest absolute Gasteiger partial charge is 0.329 e. The molecule has 0 aliphatic rings. The lowest BCUT2D eigenvalue weighted by atomic mass is 10.2. The molecule has 9 nitrogen and oxygen atoms in total. The Morgan fingerprint density at radius 3 is 2.44 bits per heavy atom. The van der Waals surface area contributed by atoms with Crippen molar-refractivity contribution >= 4 is 29.6 Å². The molecule has 0 aliphatic carbocycles. The van der Waals surface area contributed by atoms with Crippen LogP contribution in [-0.4, -0.2) is 43.7 Å². The topological polar surface area (TPSA) is 118 Å². The molecule has 2 aromatic carbocycles. The maximum Gasteiger partial charge on any atom is 0.329 e. The van der Waals surface area contributed by atoms with Crippen molar-refractivity contribution in [1.82, 2.24) is 10.7 Å². The van der Waals surface area contributed by atoms with Gasteiger partial charge in [-0.3, -0.25) is 14.4 Å². The Balaban J connectivity index is 1.85. The Bertz CT molecular complexity index is 928. The van der Waals surface area contributed by atoms with Gasteiger partial charge in [-0.2, -0.15) is 5.10 Å². The summed E-state index contributed by atoms with van der Waals surface area (Å²) in [6, 6.07) is 13.9. The average Bonchev–Trinajstić information content (AvgIpc) is 2.80. The number of nitrogens with zero attached hydrogens (tertiary/aromatic N) is 1. The number of unbranched alkanes of at least 4 members (excludes halogenated alkanes) is 1. The van der Waals surface area contributed by atoms with Gasteiger partial charge >= 0.3 is 11.8 Å². The maximum atomic E-state index is 12.2. The summed E-state index contributed by atoms with van der Waals surface area (Å²) in [5.41, 5.74) is 3.33. The van der Waals surface area contributed by atoms with Gasteiger partial charge in [-0.1, -0.05) is 25.5 Å². The van der Waals surface area contributed by atoms with E-state index < -0.39 is 11.8 Å². The number of para-hydroxylation sites is 1. The first-order valence-electron chi connectivity index (χ1n) is 10.4. The van der Waals surface area contributed by atoms with E-state index in [9.17, 15) is 14.4 Å². The minimum atomic E-state index is -0.856. The van der Waals surface area contributed by atoms with Crippen molar-refractivity contribution in [3.63, 3.8) is 0 Å². The SMILES string of the molecule is CCCCNC(=O)C(=O)N/N=C\c1ccccc1OCC(=O)Nc1ccc(OCC)cc1. The van der Waals surface area contributed by atoms with Crippen LogP contribution in [0.4, 0.5) is 5.69 Å². The average molecular weight is 441 g/mol. The van der Waals surface area contributed by atoms with Crippen LogP contribution in [0, 0.1) is 0 Å². The third-order valence-electron chi connectivity index (χ3n) is 4.12. The van der Waals surface area contributed by atoms with E-state index in [1.807, 2.05) is 13.8 Å². The van der Waals surface area contributed by atoms with Crippen molar-refractivity contribution in [3.05, 3.63) is 54.1 Å². The zero-order chi connectivity index (χ0) is 23.2. The first-order valence-corrected chi connectivity index (χ1v) is 10.4. The van der Waals surface area contributed by atoms with Crippen LogP contribution in [-0.2, 0) is 14.4 Å². The first-order chi connectivity index (χ1) is 15.5. The van der Waals surface area contributed by atoms with Gasteiger partial charge in [0.05, 0.1) is 12.8 Å². The molecule has 170 valence electrons. The Hall–Kier alpha value is -3.88. The second-order valence-corrected chi connectivity index (χ2v) is 6.64. The van der Waals surface area contributed by atoms with Crippen LogP contribution in [0.15, 0.2) is 53.6 Å². The monoisotopic (exact) mass is 440 g/mol. The molecule has 0 spiro atoms. The van der Waals surface area contributed by atoms with Gasteiger partial charge in [-0.25, -0.2) is 5.43 Å². The molecule has 0 aliphatic heterocycles. The van der Waals surface area contributed by atoms with E-state index >= 15 is 0 Å². The summed E-state index contributed by atoms with van der Waals surface area (Å²) in [6.45, 7) is 4.67. The Kier molecular flexibility index (Phi) is 10.2. The molecule has 2 rings (SSSR count). The largest absolute Gasteiger partial charge is 0.494 e. The number of carbonyl (C=O) groups excluding carboxylic acids is 3. The number of hydrogen-bond donors (Lipinski definition) is 3. The molecular formula is C23H28N4O5. The fourth-order valence-electron chi connectivity index (χ4n) is 2.53. The molecule has 0 aromatic heterocycles. The van der Waals surface area contributed by atoms with Crippen LogP contribution in [0.3, 0.4) is 0 Å². The number of amides is 3. The molecule has 0 saturated heterocycles. The number of carbonyl (C=O) groups is 3. The second-order valence-electron chi connectivity index (χ2n) is 6.64. The van der Waals surface area contributed by atoms with Crippen molar-refractivity contribution < 1.29 is 23.9 Å². The fraction of sp³-hybridized carbons (Fsp3) is 0.304. The van der Waals surface area contributed by atoms with Crippen LogP contribution in [0.5, 0.6) is 11.5 Å². The van der Waals surface area contributed by atoms with Gasteiger partial charge in [0.25, 0.3) is 5.91 Å². The van der Waals surface area contributed by atoms with Gasteiger partial charge in [0.1, 0.15) is 11.5 Å². The van der Waals surface area contributed by atoms with E-state index in [-0.39, 0.29) is 12.5 Å². The summed E-state index contributed by atoms with van der Waals surface area (Å²) in [7, 11) is 0. The third kappa shape index (κ3) is 8.47. The number of anilines is 1. The highest BCUT2D eigenvalue weighted by atomic mass is 16.5. The van der Waals surface area contributed by atoms with Crippen molar-refractivity contribution in [2.75, 3.05) is 25.1 Å². The molecule has 0 radical (unpaired) electrons. The zero-order valence-corrected chi connectivity index (χ0v) is 18.2. The highest BCUT2D eigenvalue weighted by molar-refractivity contribution is 6.35. The minimum Gasteiger partial charge on any atom is -0.494 e. The van der Waals surface area contributed by atoms with Crippen molar-refractivity contribution in [3.8, 4) is 11.5 Å². The third-order valence-corrected chi connectivity index (χ3v) is 4.12. The van der Waals surface area contributed by atoms with Gasteiger partial charge in [-0.05, 0) is 49.7 Å². The molecule has 0 heterocycles. The van der Waals surface area contributed by atoms with E-state index in [1.165, 1.54) is 6.21 Å². The number of ether oxygens (including phenoxy) is 2. The van der Waals surface area contributed by atoms with Gasteiger partial charge in [0.2, 0.25) is 0 Å². The van der Waals surface area contributed by atoms with Gasteiger partial charge in [0, 0.05) is 17.8 Å². The Morgan fingerprint density at radius 2 is 1.72 bits per heavy atom. The van der Waals surface area contributed by atoms with E-state index in [4.69, 9.17) is 9.47 Å². The molecule has 3 N–H and O–H groups in total. The number of nitrogens with one attached hydrogen (secondary N) is 3. The number of hydrogen-bond acceptors (Lipinski definition) is 6. The lowest BCUT2D eigenvalue weighted by molar-refractivity contribution is -0.139. The van der Waals surface area contributed by atoms with E-state index in [0.29, 0.717) is 30.2 Å². The number of hydrazone groups is 1. The highest BCUT2D eigenvalue weighted by Crippen LogP contribution is 2.17. The molecule has 3 amide bonds. The lowest BCUT2D eigenvalue weighted by Crippen LogP contribution is -2.38. The minimum absolute atomic E-state index is 0.218. The van der Waals surface area contributed by atoms with Crippen molar-refractivity contribution in [2.24, 2.45) is 5.10 Å². The molecule has 0 saturated carbocycles. The van der Waals surface area contributed by atoms with Gasteiger partial charge in [0.15, 0.2) is 6.61 Å². The molecule has 0 bridgehead atoms. The molecule has 0 fully saturated rings. The quantitative estimate of drug-likeness (QED) is 0.215. The fourth-order valence-corrected chi connectivity index (χ4v) is 2.53. The normalized spacial score (nSPS) is 10.4. The van der Waals surface area contributed by atoms with Crippen LogP contribution in [0.1, 0.15) is 32.3 Å². The molecule has 0 unspecified atom stereocenters. The summed E-state index contributed by atoms with van der Waals surface area (Å²) in [5, 5.41) is 9.03. The summed E-state index contributed by atoms with van der Waals surface area (Å²) in [6.07, 6.45) is 3.05. The van der Waals surface area contributed by atoms with Gasteiger partial charge in [-0.15, -0.1) is 0 Å². The zero-order valence-electron chi connectivity index (χ0n) is 18.2. The molecular weight excluding hydrogens is 412 g/mol. The van der Waals surface area contributed by atoms with Crippen LogP contribution < -0.4 is 25.5 Å². The van der Waals surface area contributed by atoms with E-state index in [1.54, 1.807) is 48.5 Å².